The molecule has 1 amide bonds. The molecule has 0 aliphatic heterocycles. The molecule has 0 aliphatic carbocycles. The minimum atomic E-state index is -1.06. The van der Waals surface area contributed by atoms with Gasteiger partial charge in [0.2, 0.25) is 0 Å². The van der Waals surface area contributed by atoms with Gasteiger partial charge in [0.1, 0.15) is 0 Å². The highest BCUT2D eigenvalue weighted by Crippen LogP contribution is 2.25. The highest BCUT2D eigenvalue weighted by Gasteiger charge is 2.12. The van der Waals surface area contributed by atoms with Gasteiger partial charge in [-0.25, -0.2) is 4.79 Å². The molecule has 0 saturated heterocycles. The zero-order valence-electron chi connectivity index (χ0n) is 10.6. The number of aromatic carboxylic acids is 1. The lowest BCUT2D eigenvalue weighted by Gasteiger charge is -2.09. The van der Waals surface area contributed by atoms with Gasteiger partial charge in [-0.3, -0.25) is 4.79 Å². The minimum Gasteiger partial charge on any atom is -0.478 e. The molecule has 0 aliphatic rings. The van der Waals surface area contributed by atoms with E-state index in [1.807, 2.05) is 0 Å². The van der Waals surface area contributed by atoms with E-state index in [9.17, 15) is 9.59 Å². The molecule has 7 heteroatoms. The van der Waals surface area contributed by atoms with E-state index in [1.165, 1.54) is 12.1 Å². The quantitative estimate of drug-likeness (QED) is 0.668. The molecule has 2 rings (SSSR count). The van der Waals surface area contributed by atoms with Crippen molar-refractivity contribution >= 4 is 55.1 Å². The number of benzene rings is 2. The van der Waals surface area contributed by atoms with Gasteiger partial charge in [-0.15, -0.1) is 0 Å². The van der Waals surface area contributed by atoms with Crippen molar-refractivity contribution in [1.82, 2.24) is 0 Å². The molecule has 0 spiro atoms. The summed E-state index contributed by atoms with van der Waals surface area (Å²) >= 11 is 6.52. The van der Waals surface area contributed by atoms with Crippen molar-refractivity contribution in [2.24, 2.45) is 0 Å². The number of carbonyl (C=O) groups is 2. The van der Waals surface area contributed by atoms with E-state index in [0.29, 0.717) is 25.9 Å². The normalized spacial score (nSPS) is 10.2. The maximum atomic E-state index is 12.2. The van der Waals surface area contributed by atoms with Gasteiger partial charge in [-0.1, -0.05) is 0 Å². The lowest BCUT2D eigenvalue weighted by atomic mass is 10.1. The number of carboxylic acid groups (broad SMARTS) is 1. The Morgan fingerprint density at radius 1 is 1.00 bits per heavy atom. The van der Waals surface area contributed by atoms with E-state index >= 15 is 0 Å². The van der Waals surface area contributed by atoms with Gasteiger partial charge in [0.05, 0.1) is 11.3 Å². The van der Waals surface area contributed by atoms with Crippen LogP contribution in [0.3, 0.4) is 0 Å². The summed E-state index contributed by atoms with van der Waals surface area (Å²) in [6.45, 7) is 0. The average molecular weight is 414 g/mol. The summed E-state index contributed by atoms with van der Waals surface area (Å²) in [6.07, 6.45) is 0. The van der Waals surface area contributed by atoms with Crippen molar-refractivity contribution in [2.75, 3.05) is 11.1 Å². The molecule has 0 saturated carbocycles. The van der Waals surface area contributed by atoms with E-state index in [2.05, 4.69) is 37.2 Å². The molecule has 0 bridgehead atoms. The zero-order valence-corrected chi connectivity index (χ0v) is 13.7. The first-order chi connectivity index (χ1) is 9.88. The van der Waals surface area contributed by atoms with Crippen LogP contribution in [0.4, 0.5) is 11.4 Å². The minimum absolute atomic E-state index is 0.0898. The molecule has 0 aromatic heterocycles. The first-order valence-corrected chi connectivity index (χ1v) is 7.36. The Morgan fingerprint density at radius 2 is 1.67 bits per heavy atom. The fourth-order valence-electron chi connectivity index (χ4n) is 1.62. The van der Waals surface area contributed by atoms with Crippen LogP contribution in [0.25, 0.3) is 0 Å². The number of halogens is 2. The Morgan fingerprint density at radius 3 is 2.29 bits per heavy atom. The highest BCUT2D eigenvalue weighted by atomic mass is 79.9. The van der Waals surface area contributed by atoms with Crippen LogP contribution in [0.2, 0.25) is 0 Å². The third-order valence-corrected chi connectivity index (χ3v) is 4.10. The molecular formula is C14H10Br2N2O3. The maximum Gasteiger partial charge on any atom is 0.335 e. The molecule has 0 fully saturated rings. The number of nitrogens with two attached hydrogens (primary N) is 1. The van der Waals surface area contributed by atoms with Crippen molar-refractivity contribution < 1.29 is 14.7 Å². The van der Waals surface area contributed by atoms with E-state index in [4.69, 9.17) is 10.8 Å². The number of amides is 1. The highest BCUT2D eigenvalue weighted by molar-refractivity contribution is 9.11. The summed E-state index contributed by atoms with van der Waals surface area (Å²) in [4.78, 5) is 23.1. The van der Waals surface area contributed by atoms with Crippen LogP contribution in [0.1, 0.15) is 20.7 Å². The largest absolute Gasteiger partial charge is 0.478 e. The summed E-state index contributed by atoms with van der Waals surface area (Å²) in [5.74, 6) is -1.42. The van der Waals surface area contributed by atoms with Crippen LogP contribution >= 0.6 is 31.9 Å². The van der Waals surface area contributed by atoms with Crippen molar-refractivity contribution in [3.63, 3.8) is 0 Å². The predicted molar refractivity (Wildman–Crippen MR) is 87.6 cm³/mol. The molecule has 2 aromatic rings. The second-order valence-electron chi connectivity index (χ2n) is 4.19. The van der Waals surface area contributed by atoms with Crippen LogP contribution in [0.15, 0.2) is 45.3 Å². The Kier molecular flexibility index (Phi) is 4.64. The molecular weight excluding hydrogens is 404 g/mol. The fraction of sp³-hybridized carbons (Fsp3) is 0. The third-order valence-electron chi connectivity index (χ3n) is 2.72. The fourth-order valence-corrected chi connectivity index (χ4v) is 2.34. The van der Waals surface area contributed by atoms with E-state index in [-0.39, 0.29) is 11.5 Å². The molecule has 0 atom stereocenters. The summed E-state index contributed by atoms with van der Waals surface area (Å²) in [5.41, 5.74) is 7.07. The zero-order chi connectivity index (χ0) is 15.6. The summed E-state index contributed by atoms with van der Waals surface area (Å²) in [6, 6.07) is 9.20. The van der Waals surface area contributed by atoms with Crippen LogP contribution in [0.5, 0.6) is 0 Å². The summed E-state index contributed by atoms with van der Waals surface area (Å²) in [5, 5.41) is 11.6. The molecule has 21 heavy (non-hydrogen) atoms. The van der Waals surface area contributed by atoms with E-state index < -0.39 is 5.97 Å². The number of carbonyl (C=O) groups excluding carboxylic acids is 1. The molecule has 0 unspecified atom stereocenters. The number of hydrogen-bond donors (Lipinski definition) is 3. The van der Waals surface area contributed by atoms with Crippen molar-refractivity contribution in [2.45, 2.75) is 0 Å². The number of hydrogen-bond acceptors (Lipinski definition) is 3. The summed E-state index contributed by atoms with van der Waals surface area (Å²) < 4.78 is 1.21. The van der Waals surface area contributed by atoms with Gasteiger partial charge in [-0.05, 0) is 68.3 Å². The van der Waals surface area contributed by atoms with Gasteiger partial charge in [0.25, 0.3) is 5.91 Å². The second-order valence-corrected chi connectivity index (χ2v) is 5.90. The van der Waals surface area contributed by atoms with Crippen LogP contribution in [-0.4, -0.2) is 17.0 Å². The Labute approximate surface area is 137 Å². The van der Waals surface area contributed by atoms with Crippen LogP contribution in [0, 0.1) is 0 Å². The Balaban J connectivity index is 2.28. The number of nitrogen functional groups attached to an aromatic ring is 1. The van der Waals surface area contributed by atoms with E-state index in [0.717, 1.165) is 0 Å². The van der Waals surface area contributed by atoms with Gasteiger partial charge in [0, 0.05) is 20.2 Å². The first-order valence-electron chi connectivity index (χ1n) is 5.77. The lowest BCUT2D eigenvalue weighted by molar-refractivity contribution is 0.0696. The standard InChI is InChI=1S/C14H10Br2N2O3/c15-9-3-1-8(14(20)21)6-12(9)18-13(19)7-2-4-11(17)10(16)5-7/h1-6H,17H2,(H,18,19)(H,20,21). The lowest BCUT2D eigenvalue weighted by Crippen LogP contribution is -2.13. The van der Waals surface area contributed by atoms with Gasteiger partial charge < -0.3 is 16.2 Å². The van der Waals surface area contributed by atoms with Gasteiger partial charge in [0.15, 0.2) is 0 Å². The Hall–Kier alpha value is -1.86. The van der Waals surface area contributed by atoms with Crippen molar-refractivity contribution in [3.05, 3.63) is 56.5 Å². The van der Waals surface area contributed by atoms with E-state index in [1.54, 1.807) is 24.3 Å². The molecule has 0 heterocycles. The van der Waals surface area contributed by atoms with Crippen LogP contribution < -0.4 is 11.1 Å². The SMILES string of the molecule is Nc1ccc(C(=O)Nc2cc(C(=O)O)ccc2Br)cc1Br. The maximum absolute atomic E-state index is 12.2. The molecule has 108 valence electrons. The predicted octanol–water partition coefficient (Wildman–Crippen LogP) is 3.74. The third kappa shape index (κ3) is 3.62. The molecule has 4 N–H and O–H groups in total. The smallest absolute Gasteiger partial charge is 0.335 e. The summed E-state index contributed by atoms with van der Waals surface area (Å²) in [7, 11) is 0. The average Bonchev–Trinajstić information content (AvgIpc) is 2.43. The molecule has 0 radical (unpaired) electrons. The van der Waals surface area contributed by atoms with Crippen molar-refractivity contribution in [1.29, 1.82) is 0 Å². The van der Waals surface area contributed by atoms with Gasteiger partial charge in [-0.2, -0.15) is 0 Å². The first kappa shape index (κ1) is 15.5. The van der Waals surface area contributed by atoms with Crippen molar-refractivity contribution in [3.8, 4) is 0 Å². The molecule has 5 nitrogen and oxygen atoms in total. The number of carboxylic acids is 1. The van der Waals surface area contributed by atoms with Crippen LogP contribution in [-0.2, 0) is 0 Å². The second kappa shape index (κ2) is 6.28. The van der Waals surface area contributed by atoms with Gasteiger partial charge >= 0.3 is 5.97 Å². The number of anilines is 2. The number of nitrogens with one attached hydrogen (secondary N) is 1. The number of rotatable bonds is 3. The Bertz CT molecular complexity index is 732. The molecule has 2 aromatic carbocycles. The monoisotopic (exact) mass is 412 g/mol. The topological polar surface area (TPSA) is 92.4 Å².